The quantitative estimate of drug-likeness (QED) is 0.750. The van der Waals surface area contributed by atoms with Crippen molar-refractivity contribution < 1.29 is 0 Å². The molecule has 15 heavy (non-hydrogen) atoms. The number of nitrogen functional groups attached to an aromatic ring is 1. The van der Waals surface area contributed by atoms with Gasteiger partial charge in [-0.3, -0.25) is 4.98 Å². The van der Waals surface area contributed by atoms with Crippen molar-refractivity contribution in [3.8, 4) is 0 Å². The molecular formula is C12H21N3. The van der Waals surface area contributed by atoms with Crippen LogP contribution in [0.5, 0.6) is 0 Å². The molecule has 1 heterocycles. The van der Waals surface area contributed by atoms with Crippen LogP contribution in [0.2, 0.25) is 0 Å². The Kier molecular flexibility index (Phi) is 5.12. The molecule has 0 aliphatic carbocycles. The molecule has 0 aliphatic heterocycles. The molecule has 3 nitrogen and oxygen atoms in total. The number of hydrogen-bond donors (Lipinski definition) is 2. The van der Waals surface area contributed by atoms with Crippen molar-refractivity contribution in [3.05, 3.63) is 24.0 Å². The number of hydrogen-bond acceptors (Lipinski definition) is 3. The molecule has 1 rings (SSSR count). The van der Waals surface area contributed by atoms with Gasteiger partial charge in [0.05, 0.1) is 0 Å². The summed E-state index contributed by atoms with van der Waals surface area (Å²) >= 11 is 0. The van der Waals surface area contributed by atoms with E-state index >= 15 is 0 Å². The summed E-state index contributed by atoms with van der Waals surface area (Å²) in [5.41, 5.74) is 7.88. The Morgan fingerprint density at radius 1 is 1.47 bits per heavy atom. The first-order valence-corrected chi connectivity index (χ1v) is 5.69. The summed E-state index contributed by atoms with van der Waals surface area (Å²) < 4.78 is 0. The van der Waals surface area contributed by atoms with Crippen molar-refractivity contribution >= 4 is 5.69 Å². The molecule has 3 heteroatoms. The molecule has 3 N–H and O–H groups in total. The third-order valence-corrected chi connectivity index (χ3v) is 2.69. The second-order valence-corrected chi connectivity index (χ2v) is 3.78. The van der Waals surface area contributed by atoms with Crippen LogP contribution in [0.3, 0.4) is 0 Å². The maximum atomic E-state index is 5.86. The summed E-state index contributed by atoms with van der Waals surface area (Å²) in [6.07, 6.45) is 6.90. The molecule has 1 aromatic rings. The van der Waals surface area contributed by atoms with Crippen molar-refractivity contribution in [1.29, 1.82) is 0 Å². The van der Waals surface area contributed by atoms with Gasteiger partial charge in [0, 0.05) is 24.1 Å². The fourth-order valence-electron chi connectivity index (χ4n) is 1.72. The van der Waals surface area contributed by atoms with Gasteiger partial charge in [-0.25, -0.2) is 0 Å². The second-order valence-electron chi connectivity index (χ2n) is 3.78. The van der Waals surface area contributed by atoms with Crippen molar-refractivity contribution in [2.45, 2.75) is 39.2 Å². The maximum Gasteiger partial charge on any atom is 0.0377 e. The Morgan fingerprint density at radius 3 is 2.87 bits per heavy atom. The summed E-state index contributed by atoms with van der Waals surface area (Å²) in [5, 5.41) is 3.46. The van der Waals surface area contributed by atoms with Gasteiger partial charge in [-0.1, -0.05) is 13.8 Å². The molecule has 0 fully saturated rings. The second kappa shape index (κ2) is 6.40. The first-order valence-electron chi connectivity index (χ1n) is 5.69. The van der Waals surface area contributed by atoms with Crippen LogP contribution in [0, 0.1) is 0 Å². The Morgan fingerprint density at radius 2 is 2.27 bits per heavy atom. The summed E-state index contributed by atoms with van der Waals surface area (Å²) in [4.78, 5) is 4.09. The van der Waals surface area contributed by atoms with Crippen LogP contribution < -0.4 is 11.1 Å². The van der Waals surface area contributed by atoms with Crippen molar-refractivity contribution in [2.24, 2.45) is 0 Å². The summed E-state index contributed by atoms with van der Waals surface area (Å²) in [6.45, 7) is 5.38. The van der Waals surface area contributed by atoms with Gasteiger partial charge in [0.15, 0.2) is 0 Å². The van der Waals surface area contributed by atoms with Gasteiger partial charge < -0.3 is 11.1 Å². The predicted molar refractivity (Wildman–Crippen MR) is 64.7 cm³/mol. The number of nitrogens with zero attached hydrogens (tertiary/aromatic N) is 1. The summed E-state index contributed by atoms with van der Waals surface area (Å²) in [7, 11) is 0. The van der Waals surface area contributed by atoms with Gasteiger partial charge in [0.25, 0.3) is 0 Å². The first kappa shape index (κ1) is 12.0. The lowest BCUT2D eigenvalue weighted by Crippen LogP contribution is -2.28. The third kappa shape index (κ3) is 3.88. The molecule has 1 unspecified atom stereocenters. The van der Waals surface area contributed by atoms with Crippen LogP contribution in [0.4, 0.5) is 5.69 Å². The average Bonchev–Trinajstić information content (AvgIpc) is 2.26. The van der Waals surface area contributed by atoms with Crippen LogP contribution in [-0.4, -0.2) is 17.6 Å². The zero-order chi connectivity index (χ0) is 11.1. The molecule has 0 aromatic carbocycles. The van der Waals surface area contributed by atoms with Crippen molar-refractivity contribution in [1.82, 2.24) is 10.3 Å². The molecule has 0 saturated carbocycles. The van der Waals surface area contributed by atoms with Gasteiger partial charge in [0.1, 0.15) is 0 Å². The summed E-state index contributed by atoms with van der Waals surface area (Å²) in [6, 6.07) is 2.46. The van der Waals surface area contributed by atoms with Crippen LogP contribution in [0.15, 0.2) is 18.5 Å². The van der Waals surface area contributed by atoms with Crippen LogP contribution in [0.25, 0.3) is 0 Å². The minimum Gasteiger partial charge on any atom is -0.398 e. The number of pyridine rings is 1. The van der Waals surface area contributed by atoms with Crippen molar-refractivity contribution in [3.63, 3.8) is 0 Å². The highest BCUT2D eigenvalue weighted by Gasteiger charge is 2.06. The molecular weight excluding hydrogens is 186 g/mol. The molecule has 1 atom stereocenters. The van der Waals surface area contributed by atoms with E-state index in [-0.39, 0.29) is 0 Å². The average molecular weight is 207 g/mol. The minimum atomic E-state index is 0.592. The van der Waals surface area contributed by atoms with Gasteiger partial charge in [-0.2, -0.15) is 0 Å². The van der Waals surface area contributed by atoms with E-state index in [0.717, 1.165) is 37.1 Å². The van der Waals surface area contributed by atoms with E-state index in [0.29, 0.717) is 6.04 Å². The lowest BCUT2D eigenvalue weighted by atomic mass is 10.0. The number of nitrogens with one attached hydrogen (secondary N) is 1. The van der Waals surface area contributed by atoms with Gasteiger partial charge in [-0.15, -0.1) is 0 Å². The SMILES string of the molecule is CCNC(CC)CCc1cnccc1N. The van der Waals surface area contributed by atoms with Crippen LogP contribution >= 0.6 is 0 Å². The van der Waals surface area contributed by atoms with Gasteiger partial charge >= 0.3 is 0 Å². The monoisotopic (exact) mass is 207 g/mol. The predicted octanol–water partition coefficient (Wildman–Crippen LogP) is 1.98. The zero-order valence-corrected chi connectivity index (χ0v) is 9.66. The highest BCUT2D eigenvalue weighted by Crippen LogP contribution is 2.13. The van der Waals surface area contributed by atoms with E-state index in [2.05, 4.69) is 24.1 Å². The fourth-order valence-corrected chi connectivity index (χ4v) is 1.72. The number of nitrogens with two attached hydrogens (primary N) is 1. The lowest BCUT2D eigenvalue weighted by molar-refractivity contribution is 0.481. The molecule has 0 amide bonds. The molecule has 0 radical (unpaired) electrons. The number of aryl methyl sites for hydroxylation is 1. The number of rotatable bonds is 6. The number of anilines is 1. The first-order chi connectivity index (χ1) is 7.27. The number of aromatic nitrogens is 1. The molecule has 1 aromatic heterocycles. The molecule has 0 saturated heterocycles. The Bertz CT molecular complexity index is 286. The van der Waals surface area contributed by atoms with E-state index in [4.69, 9.17) is 5.73 Å². The smallest absolute Gasteiger partial charge is 0.0377 e. The molecule has 0 aliphatic rings. The zero-order valence-electron chi connectivity index (χ0n) is 9.66. The van der Waals surface area contributed by atoms with E-state index in [1.54, 1.807) is 6.20 Å². The van der Waals surface area contributed by atoms with Crippen LogP contribution in [0.1, 0.15) is 32.3 Å². The van der Waals surface area contributed by atoms with Gasteiger partial charge in [0.2, 0.25) is 0 Å². The Hall–Kier alpha value is -1.09. The Labute approximate surface area is 92.1 Å². The minimum absolute atomic E-state index is 0.592. The topological polar surface area (TPSA) is 50.9 Å². The third-order valence-electron chi connectivity index (χ3n) is 2.69. The summed E-state index contributed by atoms with van der Waals surface area (Å²) in [5.74, 6) is 0. The highest BCUT2D eigenvalue weighted by molar-refractivity contribution is 5.44. The molecule has 84 valence electrons. The highest BCUT2D eigenvalue weighted by atomic mass is 14.9. The maximum absolute atomic E-state index is 5.86. The van der Waals surface area contributed by atoms with Crippen LogP contribution in [-0.2, 0) is 6.42 Å². The van der Waals surface area contributed by atoms with E-state index in [9.17, 15) is 0 Å². The van der Waals surface area contributed by atoms with E-state index < -0.39 is 0 Å². The fraction of sp³-hybridized carbons (Fsp3) is 0.583. The van der Waals surface area contributed by atoms with E-state index in [1.807, 2.05) is 12.3 Å². The lowest BCUT2D eigenvalue weighted by Gasteiger charge is -2.15. The van der Waals surface area contributed by atoms with Gasteiger partial charge in [-0.05, 0) is 37.4 Å². The Balaban J connectivity index is 2.45. The normalized spacial score (nSPS) is 12.7. The molecule has 0 bridgehead atoms. The standard InChI is InChI=1S/C12H21N3/c1-3-11(15-4-2)6-5-10-9-14-8-7-12(10)13/h7-9,11,15H,3-6H2,1-2H3,(H2,13,14). The van der Waals surface area contributed by atoms with E-state index in [1.165, 1.54) is 0 Å². The largest absolute Gasteiger partial charge is 0.398 e. The molecule has 0 spiro atoms. The van der Waals surface area contributed by atoms with Crippen molar-refractivity contribution in [2.75, 3.05) is 12.3 Å².